The zero-order valence-electron chi connectivity index (χ0n) is 5.83. The molecule has 0 saturated heterocycles. The molecule has 0 fully saturated rings. The van der Waals surface area contributed by atoms with Gasteiger partial charge in [-0.15, -0.1) is 6.58 Å². The quantitative estimate of drug-likeness (QED) is 0.556. The normalized spacial score (nSPS) is 8.50. The van der Waals surface area contributed by atoms with Gasteiger partial charge in [-0.05, 0) is 0 Å². The highest BCUT2D eigenvalue weighted by Crippen LogP contribution is 1.87. The Kier molecular flexibility index (Phi) is 3.17. The summed E-state index contributed by atoms with van der Waals surface area (Å²) in [5.74, 6) is -0.368. The molecule has 3 amide bonds. The molecule has 0 heterocycles. The van der Waals surface area contributed by atoms with Gasteiger partial charge in [0.2, 0.25) is 5.91 Å². The average Bonchev–Trinajstić information content (AvgIpc) is 1.81. The van der Waals surface area contributed by atoms with Gasteiger partial charge in [0.15, 0.2) is 0 Å². The van der Waals surface area contributed by atoms with Crippen LogP contribution in [0, 0.1) is 0 Å². The highest BCUT2D eigenvalue weighted by atomic mass is 16.2. The van der Waals surface area contributed by atoms with Gasteiger partial charge in [0.25, 0.3) is 0 Å². The summed E-state index contributed by atoms with van der Waals surface area (Å²) >= 11 is 0. The Hall–Kier alpha value is -1.32. The fourth-order valence-electron chi connectivity index (χ4n) is 0.503. The maximum Gasteiger partial charge on any atom is 0.321 e. The van der Waals surface area contributed by atoms with Crippen LogP contribution in [0.25, 0.3) is 0 Å². The predicted octanol–water partition coefficient (Wildman–Crippen LogP) is 0.0996. The van der Waals surface area contributed by atoms with E-state index in [0.717, 1.165) is 4.90 Å². The number of hydrogen-bond acceptors (Lipinski definition) is 2. The summed E-state index contributed by atoms with van der Waals surface area (Å²) in [5, 5.41) is 0. The van der Waals surface area contributed by atoms with E-state index >= 15 is 0 Å². The number of primary amides is 1. The van der Waals surface area contributed by atoms with Crippen LogP contribution in [-0.4, -0.2) is 23.4 Å². The van der Waals surface area contributed by atoms with Crippen LogP contribution in [0.1, 0.15) is 6.92 Å². The van der Waals surface area contributed by atoms with Crippen LogP contribution in [-0.2, 0) is 4.79 Å². The third-order valence-electron chi connectivity index (χ3n) is 0.958. The zero-order chi connectivity index (χ0) is 8.15. The van der Waals surface area contributed by atoms with Crippen LogP contribution >= 0.6 is 0 Å². The lowest BCUT2D eigenvalue weighted by atomic mass is 10.5. The molecular formula is C6H10N2O2. The molecule has 0 bridgehead atoms. The highest BCUT2D eigenvalue weighted by molar-refractivity contribution is 5.92. The zero-order valence-corrected chi connectivity index (χ0v) is 5.83. The molecule has 0 spiro atoms. The summed E-state index contributed by atoms with van der Waals surface area (Å²) in [6, 6.07) is -0.743. The lowest BCUT2D eigenvalue weighted by Gasteiger charge is -2.12. The lowest BCUT2D eigenvalue weighted by Crippen LogP contribution is -2.39. The number of carbonyl (C=O) groups excluding carboxylic acids is 2. The fourth-order valence-corrected chi connectivity index (χ4v) is 0.503. The molecule has 56 valence electrons. The van der Waals surface area contributed by atoms with E-state index in [9.17, 15) is 9.59 Å². The first-order valence-electron chi connectivity index (χ1n) is 2.78. The molecule has 0 rings (SSSR count). The van der Waals surface area contributed by atoms with Crippen molar-refractivity contribution in [1.82, 2.24) is 4.90 Å². The van der Waals surface area contributed by atoms with Crippen molar-refractivity contribution >= 4 is 11.9 Å². The van der Waals surface area contributed by atoms with Gasteiger partial charge in [-0.25, -0.2) is 4.79 Å². The van der Waals surface area contributed by atoms with Gasteiger partial charge >= 0.3 is 6.03 Å². The molecule has 0 aliphatic rings. The minimum absolute atomic E-state index is 0.171. The maximum absolute atomic E-state index is 10.6. The fraction of sp³-hybridized carbons (Fsp3) is 0.333. The van der Waals surface area contributed by atoms with Gasteiger partial charge in [-0.3, -0.25) is 9.69 Å². The number of nitrogens with zero attached hydrogens (tertiary/aromatic N) is 1. The molecule has 0 aromatic carbocycles. The smallest absolute Gasteiger partial charge is 0.321 e. The van der Waals surface area contributed by atoms with Crippen LogP contribution in [0.5, 0.6) is 0 Å². The van der Waals surface area contributed by atoms with Crippen molar-refractivity contribution in [2.45, 2.75) is 6.92 Å². The van der Waals surface area contributed by atoms with Crippen molar-refractivity contribution in [2.75, 3.05) is 6.54 Å². The maximum atomic E-state index is 10.6. The van der Waals surface area contributed by atoms with Gasteiger partial charge in [0.1, 0.15) is 0 Å². The molecule has 0 saturated carbocycles. The Morgan fingerprint density at radius 2 is 2.20 bits per heavy atom. The summed E-state index contributed by atoms with van der Waals surface area (Å²) in [4.78, 5) is 21.9. The molecule has 2 N–H and O–H groups in total. The molecule has 4 heteroatoms. The average molecular weight is 142 g/mol. The molecule has 4 nitrogen and oxygen atoms in total. The van der Waals surface area contributed by atoms with Gasteiger partial charge in [0.05, 0.1) is 0 Å². The number of nitrogens with two attached hydrogens (primary N) is 1. The van der Waals surface area contributed by atoms with Crippen molar-refractivity contribution < 1.29 is 9.59 Å². The first kappa shape index (κ1) is 8.68. The van der Waals surface area contributed by atoms with E-state index in [-0.39, 0.29) is 12.5 Å². The number of urea groups is 1. The number of amides is 3. The second-order valence-electron chi connectivity index (χ2n) is 1.76. The minimum atomic E-state index is -0.743. The molecule has 0 aromatic heterocycles. The lowest BCUT2D eigenvalue weighted by molar-refractivity contribution is -0.125. The second kappa shape index (κ2) is 3.66. The molecule has 0 unspecified atom stereocenters. The predicted molar refractivity (Wildman–Crippen MR) is 37.2 cm³/mol. The molecule has 0 radical (unpaired) electrons. The topological polar surface area (TPSA) is 63.4 Å². The van der Waals surface area contributed by atoms with E-state index in [1.165, 1.54) is 13.0 Å². The van der Waals surface area contributed by atoms with Crippen LogP contribution < -0.4 is 5.73 Å². The van der Waals surface area contributed by atoms with Gasteiger partial charge in [-0.2, -0.15) is 0 Å². The third-order valence-corrected chi connectivity index (χ3v) is 0.958. The van der Waals surface area contributed by atoms with Crippen LogP contribution in [0.15, 0.2) is 12.7 Å². The second-order valence-corrected chi connectivity index (χ2v) is 1.76. The molecule has 0 aliphatic heterocycles. The Balaban J connectivity index is 4.11. The molecule has 0 aromatic rings. The summed E-state index contributed by atoms with van der Waals surface area (Å²) in [5.41, 5.74) is 4.84. The number of rotatable bonds is 2. The van der Waals surface area contributed by atoms with Crippen LogP contribution in [0.4, 0.5) is 4.79 Å². The van der Waals surface area contributed by atoms with Crippen molar-refractivity contribution in [3.05, 3.63) is 12.7 Å². The monoisotopic (exact) mass is 142 g/mol. The Morgan fingerprint density at radius 1 is 1.70 bits per heavy atom. The largest absolute Gasteiger partial charge is 0.351 e. The van der Waals surface area contributed by atoms with Crippen LogP contribution in [0.3, 0.4) is 0 Å². The molecule has 10 heavy (non-hydrogen) atoms. The van der Waals surface area contributed by atoms with Gasteiger partial charge in [-0.1, -0.05) is 6.08 Å². The van der Waals surface area contributed by atoms with E-state index < -0.39 is 6.03 Å². The van der Waals surface area contributed by atoms with Crippen LogP contribution in [0.2, 0.25) is 0 Å². The summed E-state index contributed by atoms with van der Waals surface area (Å²) < 4.78 is 0. The van der Waals surface area contributed by atoms with E-state index in [4.69, 9.17) is 5.73 Å². The van der Waals surface area contributed by atoms with E-state index in [1.54, 1.807) is 0 Å². The third kappa shape index (κ3) is 2.30. The first-order chi connectivity index (χ1) is 4.59. The highest BCUT2D eigenvalue weighted by Gasteiger charge is 2.10. The number of imide groups is 1. The van der Waals surface area contributed by atoms with Crippen molar-refractivity contribution in [3.63, 3.8) is 0 Å². The minimum Gasteiger partial charge on any atom is -0.351 e. The molecular weight excluding hydrogens is 132 g/mol. The standard InChI is InChI=1S/C6H10N2O2/c1-3-4-8(5(2)9)6(7)10/h3H,1,4H2,2H3,(H2,7,10). The van der Waals surface area contributed by atoms with Crippen molar-refractivity contribution in [3.8, 4) is 0 Å². The van der Waals surface area contributed by atoms with E-state index in [1.807, 2.05) is 0 Å². The summed E-state index contributed by atoms with van der Waals surface area (Å²) in [6.07, 6.45) is 1.44. The Morgan fingerprint density at radius 3 is 2.30 bits per heavy atom. The van der Waals surface area contributed by atoms with Gasteiger partial charge < -0.3 is 5.73 Å². The van der Waals surface area contributed by atoms with E-state index in [2.05, 4.69) is 6.58 Å². The van der Waals surface area contributed by atoms with Crippen molar-refractivity contribution in [1.29, 1.82) is 0 Å². The van der Waals surface area contributed by atoms with E-state index in [0.29, 0.717) is 0 Å². The number of carbonyl (C=O) groups is 2. The Labute approximate surface area is 59.3 Å². The summed E-state index contributed by atoms with van der Waals surface area (Å²) in [7, 11) is 0. The SMILES string of the molecule is C=CCN(C(C)=O)C(N)=O. The molecule has 0 aliphatic carbocycles. The van der Waals surface area contributed by atoms with Crippen molar-refractivity contribution in [2.24, 2.45) is 5.73 Å². The Bertz CT molecular complexity index is 151. The molecule has 0 atom stereocenters. The number of hydrogen-bond donors (Lipinski definition) is 1. The van der Waals surface area contributed by atoms with Gasteiger partial charge in [0, 0.05) is 13.5 Å². The summed E-state index contributed by atoms with van der Waals surface area (Å²) in [6.45, 7) is 4.81. The first-order valence-corrected chi connectivity index (χ1v) is 2.78.